The Labute approximate surface area is 295 Å². The summed E-state index contributed by atoms with van der Waals surface area (Å²) in [6.45, 7) is 7.76. The van der Waals surface area contributed by atoms with Crippen LogP contribution in [0, 0.1) is 5.92 Å². The van der Waals surface area contributed by atoms with Crippen LogP contribution >= 0.6 is 11.6 Å². The molecule has 0 N–H and O–H groups in total. The van der Waals surface area contributed by atoms with Crippen LogP contribution in [-0.2, 0) is 20.9 Å². The van der Waals surface area contributed by atoms with E-state index in [0.717, 1.165) is 31.6 Å². The highest BCUT2D eigenvalue weighted by molar-refractivity contribution is 6.30. The maximum Gasteiger partial charge on any atom is 0.336 e. The van der Waals surface area contributed by atoms with Gasteiger partial charge in [-0.2, -0.15) is 0 Å². The second-order valence-electron chi connectivity index (χ2n) is 13.0. The number of ether oxygens (including phenoxy) is 1. The summed E-state index contributed by atoms with van der Waals surface area (Å²) in [7, 11) is 0. The van der Waals surface area contributed by atoms with Crippen LogP contribution in [-0.4, -0.2) is 60.2 Å². The van der Waals surface area contributed by atoms with E-state index < -0.39 is 17.8 Å². The molecule has 6 nitrogen and oxygen atoms in total. The van der Waals surface area contributed by atoms with Crippen molar-refractivity contribution in [1.29, 1.82) is 0 Å². The van der Waals surface area contributed by atoms with Gasteiger partial charge in [-0.3, -0.25) is 14.7 Å². The number of amides is 1. The summed E-state index contributed by atoms with van der Waals surface area (Å²) in [5.41, 5.74) is 6.09. The van der Waals surface area contributed by atoms with Crippen LogP contribution in [0.1, 0.15) is 60.8 Å². The fourth-order valence-corrected chi connectivity index (χ4v) is 7.51. The quantitative estimate of drug-likeness (QED) is 0.159. The van der Waals surface area contributed by atoms with Crippen molar-refractivity contribution in [3.05, 3.63) is 154 Å². The smallest absolute Gasteiger partial charge is 0.336 e. The van der Waals surface area contributed by atoms with Crippen molar-refractivity contribution in [2.75, 3.05) is 32.8 Å². The lowest BCUT2D eigenvalue weighted by Gasteiger charge is -2.35. The van der Waals surface area contributed by atoms with Gasteiger partial charge in [0.25, 0.3) is 0 Å². The number of rotatable bonds is 10. The van der Waals surface area contributed by atoms with Crippen LogP contribution in [0.4, 0.5) is 0 Å². The van der Waals surface area contributed by atoms with E-state index in [1.807, 2.05) is 85.5 Å². The van der Waals surface area contributed by atoms with Gasteiger partial charge in [0.1, 0.15) is 0 Å². The molecule has 1 fully saturated rings. The maximum absolute atomic E-state index is 14.6. The van der Waals surface area contributed by atoms with Crippen molar-refractivity contribution in [2.24, 2.45) is 10.9 Å². The Balaban J connectivity index is 1.22. The molecule has 0 saturated carbocycles. The van der Waals surface area contributed by atoms with Crippen molar-refractivity contribution in [1.82, 2.24) is 9.80 Å². The minimum Gasteiger partial charge on any atom is -0.462 e. The molecule has 4 aromatic rings. The third-order valence-corrected chi connectivity index (χ3v) is 9.95. The number of hydrogen-bond acceptors (Lipinski definition) is 5. The lowest BCUT2D eigenvalue weighted by Crippen LogP contribution is -2.45. The average molecular weight is 674 g/mol. The topological polar surface area (TPSA) is 62.2 Å². The first-order chi connectivity index (χ1) is 23.9. The van der Waals surface area contributed by atoms with Gasteiger partial charge < -0.3 is 9.64 Å². The number of allylic oxidation sites excluding steroid dienone is 1. The Kier molecular flexibility index (Phi) is 11.4. The lowest BCUT2D eigenvalue weighted by atomic mass is 9.75. The van der Waals surface area contributed by atoms with E-state index >= 15 is 0 Å². The van der Waals surface area contributed by atoms with Crippen LogP contribution in [0.15, 0.2) is 132 Å². The van der Waals surface area contributed by atoms with Crippen molar-refractivity contribution < 1.29 is 14.3 Å². The fraction of sp³-hybridized carbons (Fsp3) is 0.310. The molecule has 252 valence electrons. The van der Waals surface area contributed by atoms with E-state index in [1.54, 1.807) is 0 Å². The average Bonchev–Trinajstić information content (AvgIpc) is 3.36. The monoisotopic (exact) mass is 673 g/mol. The molecule has 2 heterocycles. The zero-order valence-electron chi connectivity index (χ0n) is 28.3. The predicted molar refractivity (Wildman–Crippen MR) is 197 cm³/mol. The standard InChI is InChI=1S/C42H44ClN3O3/c1-30-38(41(47)46-24-13-23-45(25-26-46)29-32-14-6-3-7-15-32)40(35-20-12-21-36(43)28-35)39(31(2)44-30)42(48)49-27-22-37(33-16-8-4-9-17-33)34-18-10-5-11-19-34/h3-12,14-21,28,37-38,40H,13,22-27,29H2,1-2H3. The molecule has 0 bridgehead atoms. The highest BCUT2D eigenvalue weighted by Crippen LogP contribution is 2.41. The number of halogens is 1. The molecule has 0 spiro atoms. The molecule has 2 atom stereocenters. The number of hydrogen-bond donors (Lipinski definition) is 0. The number of nitrogens with zero attached hydrogens (tertiary/aromatic N) is 3. The Morgan fingerprint density at radius 2 is 1.47 bits per heavy atom. The summed E-state index contributed by atoms with van der Waals surface area (Å²) >= 11 is 6.52. The molecule has 2 aliphatic heterocycles. The van der Waals surface area contributed by atoms with Gasteiger partial charge in [0.15, 0.2) is 0 Å². The highest BCUT2D eigenvalue weighted by atomic mass is 35.5. The normalized spacial score (nSPS) is 18.6. The van der Waals surface area contributed by atoms with Crippen LogP contribution in [0.2, 0.25) is 5.02 Å². The van der Waals surface area contributed by atoms with Crippen molar-refractivity contribution in [2.45, 2.75) is 45.1 Å². The van der Waals surface area contributed by atoms with Gasteiger partial charge in [0, 0.05) is 61.0 Å². The van der Waals surface area contributed by atoms with E-state index in [4.69, 9.17) is 21.3 Å². The molecular formula is C42H44ClN3O3. The third-order valence-electron chi connectivity index (χ3n) is 9.71. The molecule has 7 heteroatoms. The van der Waals surface area contributed by atoms with E-state index in [2.05, 4.69) is 53.4 Å². The van der Waals surface area contributed by atoms with Crippen LogP contribution in [0.25, 0.3) is 0 Å². The van der Waals surface area contributed by atoms with Crippen molar-refractivity contribution in [3.8, 4) is 0 Å². The summed E-state index contributed by atoms with van der Waals surface area (Å²) in [6.07, 6.45) is 1.49. The molecule has 1 saturated heterocycles. The number of carbonyl (C=O) groups excluding carboxylic acids is 2. The Morgan fingerprint density at radius 1 is 0.816 bits per heavy atom. The first kappa shape index (κ1) is 34.3. The van der Waals surface area contributed by atoms with Gasteiger partial charge in [-0.15, -0.1) is 0 Å². The molecule has 0 radical (unpaired) electrons. The molecule has 2 aliphatic rings. The number of aliphatic imine (C=N–C) groups is 1. The third kappa shape index (κ3) is 8.38. The molecule has 0 aliphatic carbocycles. The summed E-state index contributed by atoms with van der Waals surface area (Å²) in [5.74, 6) is -1.61. The minimum atomic E-state index is -0.647. The van der Waals surface area contributed by atoms with Gasteiger partial charge in [-0.25, -0.2) is 4.79 Å². The van der Waals surface area contributed by atoms with E-state index in [0.29, 0.717) is 41.5 Å². The van der Waals surface area contributed by atoms with Gasteiger partial charge in [0.05, 0.1) is 18.1 Å². The van der Waals surface area contributed by atoms with Crippen LogP contribution < -0.4 is 0 Å². The molecular weight excluding hydrogens is 630 g/mol. The molecule has 1 amide bonds. The predicted octanol–water partition coefficient (Wildman–Crippen LogP) is 8.29. The molecule has 6 rings (SSSR count). The number of benzene rings is 4. The number of carbonyl (C=O) groups is 2. The summed E-state index contributed by atoms with van der Waals surface area (Å²) in [6, 6.07) is 38.5. The SMILES string of the molecule is CC1=NC(C)=C(C(=O)OCCC(c2ccccc2)c2ccccc2)C(c2cccc(Cl)c2)C1C(=O)N1CCCN(Cc2ccccc2)CC1. The summed E-state index contributed by atoms with van der Waals surface area (Å²) in [4.78, 5) is 37.9. The van der Waals surface area contributed by atoms with E-state index in [9.17, 15) is 9.59 Å². The molecule has 4 aromatic carbocycles. The maximum atomic E-state index is 14.6. The van der Waals surface area contributed by atoms with Crippen LogP contribution in [0.5, 0.6) is 0 Å². The second kappa shape index (κ2) is 16.3. The fourth-order valence-electron chi connectivity index (χ4n) is 7.31. The van der Waals surface area contributed by atoms with E-state index in [-0.39, 0.29) is 18.4 Å². The molecule has 49 heavy (non-hydrogen) atoms. The van der Waals surface area contributed by atoms with Crippen LogP contribution in [0.3, 0.4) is 0 Å². The lowest BCUT2D eigenvalue weighted by molar-refractivity contribution is -0.140. The Morgan fingerprint density at radius 3 is 2.12 bits per heavy atom. The van der Waals surface area contributed by atoms with Gasteiger partial charge >= 0.3 is 5.97 Å². The molecule has 2 unspecified atom stereocenters. The minimum absolute atomic E-state index is 0.0150. The van der Waals surface area contributed by atoms with Crippen molar-refractivity contribution in [3.63, 3.8) is 0 Å². The summed E-state index contributed by atoms with van der Waals surface area (Å²) < 4.78 is 6.08. The van der Waals surface area contributed by atoms with Gasteiger partial charge in [-0.1, -0.05) is 115 Å². The van der Waals surface area contributed by atoms with Crippen molar-refractivity contribution >= 4 is 29.2 Å². The highest BCUT2D eigenvalue weighted by Gasteiger charge is 2.43. The Bertz CT molecular complexity index is 1750. The Hall–Kier alpha value is -4.52. The first-order valence-electron chi connectivity index (χ1n) is 17.2. The second-order valence-corrected chi connectivity index (χ2v) is 13.4. The molecule has 0 aromatic heterocycles. The van der Waals surface area contributed by atoms with Gasteiger partial charge in [0.2, 0.25) is 5.91 Å². The largest absolute Gasteiger partial charge is 0.462 e. The first-order valence-corrected chi connectivity index (χ1v) is 17.6. The zero-order chi connectivity index (χ0) is 34.2. The zero-order valence-corrected chi connectivity index (χ0v) is 29.1. The summed E-state index contributed by atoms with van der Waals surface area (Å²) in [5, 5.41) is 0.550. The number of esters is 1. The van der Waals surface area contributed by atoms with Gasteiger partial charge in [-0.05, 0) is 61.1 Å². The van der Waals surface area contributed by atoms with E-state index in [1.165, 1.54) is 16.7 Å².